The second kappa shape index (κ2) is 4.22. The first kappa shape index (κ1) is 12.6. The molecule has 0 spiro atoms. The van der Waals surface area contributed by atoms with Crippen LogP contribution in [0.5, 0.6) is 5.75 Å². The van der Waals surface area contributed by atoms with Crippen molar-refractivity contribution in [2.24, 2.45) is 0 Å². The molecule has 2 N–H and O–H groups in total. The lowest BCUT2D eigenvalue weighted by Crippen LogP contribution is -2.07. The van der Waals surface area contributed by atoms with E-state index < -0.39 is 15.2 Å². The van der Waals surface area contributed by atoms with E-state index in [0.717, 1.165) is 5.56 Å². The smallest absolute Gasteiger partial charge is 0.165 e. The van der Waals surface area contributed by atoms with E-state index in [0.29, 0.717) is 11.3 Å². The Balaban J connectivity index is 3.15. The minimum atomic E-state index is -1.45. The summed E-state index contributed by atoms with van der Waals surface area (Å²) in [6.07, 6.45) is 1.87. The largest absolute Gasteiger partial charge is 0.505 e. The van der Waals surface area contributed by atoms with Crippen molar-refractivity contribution in [1.29, 1.82) is 0 Å². The Morgan fingerprint density at radius 2 is 2.00 bits per heavy atom. The van der Waals surface area contributed by atoms with Gasteiger partial charge in [0.15, 0.2) is 11.6 Å². The van der Waals surface area contributed by atoms with Gasteiger partial charge in [-0.25, -0.2) is 4.39 Å². The van der Waals surface area contributed by atoms with Crippen molar-refractivity contribution >= 4 is 26.8 Å². The number of rotatable bonds is 3. The van der Waals surface area contributed by atoms with Crippen LogP contribution in [0.15, 0.2) is 18.7 Å². The van der Waals surface area contributed by atoms with Crippen LogP contribution in [-0.2, 0) is 0 Å². The van der Waals surface area contributed by atoms with Crippen molar-refractivity contribution < 1.29 is 9.50 Å². The molecule has 0 amide bonds. The second-order valence-electron chi connectivity index (χ2n) is 3.97. The van der Waals surface area contributed by atoms with Gasteiger partial charge in [-0.2, -0.15) is 0 Å². The summed E-state index contributed by atoms with van der Waals surface area (Å²) in [4.78, 5) is 0. The van der Waals surface area contributed by atoms with Gasteiger partial charge in [0.25, 0.3) is 0 Å². The number of halogens is 1. The molecule has 1 rings (SSSR count). The van der Waals surface area contributed by atoms with Crippen LogP contribution in [0.4, 0.5) is 4.39 Å². The molecule has 0 aromatic heterocycles. The van der Waals surface area contributed by atoms with Crippen LogP contribution in [-0.4, -0.2) is 23.1 Å². The summed E-state index contributed by atoms with van der Waals surface area (Å²) < 4.78 is 16.3. The second-order valence-corrected chi connectivity index (χ2v) is 6.73. The zero-order valence-corrected chi connectivity index (χ0v) is 10.3. The summed E-state index contributed by atoms with van der Waals surface area (Å²) in [6.45, 7) is 5.60. The van der Waals surface area contributed by atoms with Gasteiger partial charge < -0.3 is 9.83 Å². The normalized spacial score (nSPS) is 11.2. The average Bonchev–Trinajstić information content (AvgIpc) is 2.08. The number of hydrogen-bond donors (Lipinski definition) is 2. The topological polar surface area (TPSA) is 32.3 Å². The average molecular weight is 241 g/mol. The van der Waals surface area contributed by atoms with Gasteiger partial charge in [0, 0.05) is 11.3 Å². The maximum absolute atomic E-state index is 13.2. The number of hydrogen-bond acceptors (Lipinski definition) is 2. The Kier molecular flexibility index (Phi) is 3.33. The molecule has 0 saturated heterocycles. The third-order valence-electron chi connectivity index (χ3n) is 1.99. The molecule has 1 aromatic carbocycles. The molecule has 16 heavy (non-hydrogen) atoms. The van der Waals surface area contributed by atoms with Crippen LogP contribution in [0.3, 0.4) is 0 Å². The molecule has 0 aliphatic carbocycles. The van der Waals surface area contributed by atoms with E-state index in [9.17, 15) is 9.50 Å². The van der Waals surface area contributed by atoms with Gasteiger partial charge in [-0.1, -0.05) is 18.3 Å². The van der Waals surface area contributed by atoms with E-state index in [4.69, 9.17) is 0 Å². The Bertz CT molecular complexity index is 532. The number of phenols is 1. The lowest BCUT2D eigenvalue weighted by Gasteiger charge is -2.16. The fraction of sp³-hybridized carbons (Fsp3) is 0.167. The van der Waals surface area contributed by atoms with Gasteiger partial charge in [-0.15, -0.1) is 9.39 Å². The summed E-state index contributed by atoms with van der Waals surface area (Å²) >= 11 is 0. The van der Waals surface area contributed by atoms with E-state index >= 15 is 0 Å². The van der Waals surface area contributed by atoms with Crippen molar-refractivity contribution in [1.82, 2.24) is 4.72 Å². The maximum Gasteiger partial charge on any atom is 0.165 e. The van der Waals surface area contributed by atoms with Crippen LogP contribution in [0.2, 0.25) is 0 Å². The molecule has 0 heterocycles. The molecular weight excluding hydrogens is 225 g/mol. The molecule has 88 valence electrons. The monoisotopic (exact) mass is 241 g/mol. The molecule has 0 saturated carbocycles. The van der Waals surface area contributed by atoms with E-state index in [-0.39, 0.29) is 5.75 Å². The van der Waals surface area contributed by atoms with E-state index in [1.165, 1.54) is 12.1 Å². The fourth-order valence-corrected chi connectivity index (χ4v) is 2.05. The van der Waals surface area contributed by atoms with Crippen LogP contribution in [0, 0.1) is 12.7 Å². The zero-order valence-electron chi connectivity index (χ0n) is 9.51. The highest BCUT2D eigenvalue weighted by Crippen LogP contribution is 2.26. The Labute approximate surface area is 96.0 Å². The molecule has 0 radical (unpaired) electrons. The number of phenolic OH excluding ortho intramolecular Hbond substituents is 1. The van der Waals surface area contributed by atoms with E-state index in [2.05, 4.69) is 23.0 Å². The van der Waals surface area contributed by atoms with Gasteiger partial charge in [0.2, 0.25) is 0 Å². The van der Waals surface area contributed by atoms with Crippen LogP contribution in [0.1, 0.15) is 11.1 Å². The quantitative estimate of drug-likeness (QED) is 0.797. The van der Waals surface area contributed by atoms with Gasteiger partial charge in [0.1, 0.15) is 0 Å². The summed E-state index contributed by atoms with van der Waals surface area (Å²) in [6, 6.07) is 2.63. The molecule has 0 aliphatic heterocycles. The predicted molar refractivity (Wildman–Crippen MR) is 72.7 cm³/mol. The van der Waals surface area contributed by atoms with Crippen molar-refractivity contribution in [3.05, 3.63) is 35.7 Å². The van der Waals surface area contributed by atoms with Crippen molar-refractivity contribution in [2.75, 3.05) is 6.26 Å². The third kappa shape index (κ3) is 3.03. The van der Waals surface area contributed by atoms with Gasteiger partial charge in [-0.05, 0) is 30.9 Å². The summed E-state index contributed by atoms with van der Waals surface area (Å²) in [5, 5.41) is 9.19. The Morgan fingerprint density at radius 3 is 2.50 bits per heavy atom. The molecule has 1 aromatic rings. The molecule has 4 heteroatoms. The van der Waals surface area contributed by atoms with Gasteiger partial charge >= 0.3 is 0 Å². The molecular formula is C12H16FNOS. The fourth-order valence-electron chi connectivity index (χ4n) is 1.34. The first-order valence-electron chi connectivity index (χ1n) is 4.61. The summed E-state index contributed by atoms with van der Waals surface area (Å²) in [5.74, 6) is 6.71. The lowest BCUT2D eigenvalue weighted by atomic mass is 10.1. The third-order valence-corrected chi connectivity index (χ3v) is 2.73. The standard InChI is InChI=1S/C12H16FNOS/c1-8-6-12(15)11(13)7-10(8)9(2)14-16(3,4)5/h6-7,14-15H,2-4H2,1,5H3. The van der Waals surface area contributed by atoms with Gasteiger partial charge in [-0.3, -0.25) is 0 Å². The lowest BCUT2D eigenvalue weighted by molar-refractivity contribution is 0.432. The molecule has 0 atom stereocenters. The number of nitrogens with one attached hydrogen (secondary N) is 1. The molecule has 0 unspecified atom stereocenters. The zero-order chi connectivity index (χ0) is 12.5. The first-order chi connectivity index (χ1) is 7.20. The van der Waals surface area contributed by atoms with Crippen LogP contribution in [0.25, 0.3) is 5.70 Å². The molecule has 0 bridgehead atoms. The SMILES string of the molecule is C=C(NS(=C)(=C)C)c1cc(F)c(O)cc1C. The van der Waals surface area contributed by atoms with Crippen LogP contribution >= 0.6 is 9.39 Å². The number of aromatic hydroxyl groups is 1. The minimum absolute atomic E-state index is 0.353. The molecule has 2 nitrogen and oxygen atoms in total. The highest BCUT2D eigenvalue weighted by Gasteiger charge is 2.09. The van der Waals surface area contributed by atoms with Crippen molar-refractivity contribution in [3.63, 3.8) is 0 Å². The Morgan fingerprint density at radius 1 is 1.44 bits per heavy atom. The molecule has 0 aliphatic rings. The summed E-state index contributed by atoms with van der Waals surface area (Å²) in [7, 11) is -1.45. The Hall–Kier alpha value is -1.42. The predicted octanol–water partition coefficient (Wildman–Crippen LogP) is 2.61. The molecule has 0 fully saturated rings. The van der Waals surface area contributed by atoms with Crippen LogP contribution < -0.4 is 4.72 Å². The highest BCUT2D eigenvalue weighted by molar-refractivity contribution is 8.25. The number of aryl methyl sites for hydroxylation is 1. The maximum atomic E-state index is 13.2. The van der Waals surface area contributed by atoms with Crippen molar-refractivity contribution in [3.8, 4) is 5.75 Å². The summed E-state index contributed by atoms with van der Waals surface area (Å²) in [5.41, 5.74) is 1.94. The first-order valence-corrected chi connectivity index (χ1v) is 6.99. The van der Waals surface area contributed by atoms with E-state index in [1.54, 1.807) is 6.92 Å². The minimum Gasteiger partial charge on any atom is -0.505 e. The van der Waals surface area contributed by atoms with E-state index in [1.807, 2.05) is 6.26 Å². The van der Waals surface area contributed by atoms with Crippen molar-refractivity contribution in [2.45, 2.75) is 6.92 Å². The number of benzene rings is 1. The highest BCUT2D eigenvalue weighted by atomic mass is 32.2. The van der Waals surface area contributed by atoms with Gasteiger partial charge in [0.05, 0.1) is 0 Å².